The molecule has 3 rings (SSSR count). The Morgan fingerprint density at radius 1 is 1.20 bits per heavy atom. The van der Waals surface area contributed by atoms with Crippen LogP contribution in [0, 0.1) is 6.92 Å². The van der Waals surface area contributed by atoms with Crippen LogP contribution in [0.25, 0.3) is 10.9 Å². The first-order chi connectivity index (χ1) is 9.70. The topological polar surface area (TPSA) is 16.1 Å². The van der Waals surface area contributed by atoms with E-state index in [9.17, 15) is 0 Å². The molecule has 0 unspecified atom stereocenters. The van der Waals surface area contributed by atoms with Gasteiger partial charge in [-0.2, -0.15) is 0 Å². The first-order valence-electron chi connectivity index (χ1n) is 7.54. The van der Waals surface area contributed by atoms with Gasteiger partial charge in [-0.1, -0.05) is 18.5 Å². The zero-order valence-corrected chi connectivity index (χ0v) is 13.0. The number of aryl methyl sites for hydroxylation is 1. The lowest BCUT2D eigenvalue weighted by Gasteiger charge is -2.29. The van der Waals surface area contributed by atoms with E-state index >= 15 is 0 Å². The van der Waals surface area contributed by atoms with Crippen LogP contribution >= 0.6 is 11.6 Å². The van der Waals surface area contributed by atoms with E-state index in [4.69, 9.17) is 16.6 Å². The van der Waals surface area contributed by atoms with Crippen LogP contribution in [0.5, 0.6) is 0 Å². The Bertz CT molecular complexity index is 630. The van der Waals surface area contributed by atoms with Gasteiger partial charge in [-0.15, -0.1) is 0 Å². The number of nitrogens with zero attached hydrogens (tertiary/aromatic N) is 2. The number of rotatable bonds is 2. The van der Waals surface area contributed by atoms with E-state index < -0.39 is 0 Å². The molecule has 106 valence electrons. The third-order valence-electron chi connectivity index (χ3n) is 4.29. The Hall–Kier alpha value is -1.28. The van der Waals surface area contributed by atoms with Crippen LogP contribution in [0.2, 0.25) is 5.02 Å². The summed E-state index contributed by atoms with van der Waals surface area (Å²) in [5.74, 6) is 0. The van der Waals surface area contributed by atoms with Crippen molar-refractivity contribution in [3.63, 3.8) is 0 Å². The van der Waals surface area contributed by atoms with Crippen LogP contribution in [0.3, 0.4) is 0 Å². The Labute approximate surface area is 125 Å². The summed E-state index contributed by atoms with van der Waals surface area (Å²) in [6.07, 6.45) is 4.86. The van der Waals surface area contributed by atoms with Gasteiger partial charge in [-0.25, -0.2) is 0 Å². The standard InChI is InChI=1S/C17H21ClN2/c1-3-15-12(2)17(18)14-11-13(7-8-16(14)19-15)20-9-5-4-6-10-20/h7-8,11H,3-6,9-10H2,1-2H3. The normalized spacial score (nSPS) is 15.8. The largest absolute Gasteiger partial charge is 0.372 e. The smallest absolute Gasteiger partial charge is 0.0722 e. The van der Waals surface area contributed by atoms with Gasteiger partial charge in [-0.05, 0) is 56.4 Å². The molecule has 3 heteroatoms. The van der Waals surface area contributed by atoms with Gasteiger partial charge in [-0.3, -0.25) is 4.98 Å². The van der Waals surface area contributed by atoms with Crippen molar-refractivity contribution < 1.29 is 0 Å². The van der Waals surface area contributed by atoms with Gasteiger partial charge in [0, 0.05) is 29.9 Å². The Morgan fingerprint density at radius 3 is 2.65 bits per heavy atom. The van der Waals surface area contributed by atoms with Crippen molar-refractivity contribution in [3.8, 4) is 0 Å². The number of piperidine rings is 1. The molecule has 0 atom stereocenters. The molecule has 1 saturated heterocycles. The number of hydrogen-bond acceptors (Lipinski definition) is 2. The Balaban J connectivity index is 2.08. The van der Waals surface area contributed by atoms with E-state index in [0.29, 0.717) is 0 Å². The Morgan fingerprint density at radius 2 is 1.95 bits per heavy atom. The van der Waals surface area contributed by atoms with Gasteiger partial charge >= 0.3 is 0 Å². The van der Waals surface area contributed by atoms with E-state index in [2.05, 4.69) is 36.9 Å². The first-order valence-corrected chi connectivity index (χ1v) is 7.92. The maximum absolute atomic E-state index is 6.56. The summed E-state index contributed by atoms with van der Waals surface area (Å²) in [7, 11) is 0. The summed E-state index contributed by atoms with van der Waals surface area (Å²) in [5.41, 5.74) is 4.52. The van der Waals surface area contributed by atoms with E-state index in [1.807, 2.05) is 0 Å². The molecule has 0 radical (unpaired) electrons. The van der Waals surface area contributed by atoms with Crippen LogP contribution in [0.1, 0.15) is 37.4 Å². The molecule has 0 amide bonds. The van der Waals surface area contributed by atoms with Gasteiger partial charge in [0.15, 0.2) is 0 Å². The molecule has 2 heterocycles. The van der Waals surface area contributed by atoms with Crippen LogP contribution < -0.4 is 4.90 Å². The molecule has 0 bridgehead atoms. The molecule has 0 aliphatic carbocycles. The highest BCUT2D eigenvalue weighted by molar-refractivity contribution is 6.36. The van der Waals surface area contributed by atoms with E-state index in [1.165, 1.54) is 24.9 Å². The summed E-state index contributed by atoms with van der Waals surface area (Å²) in [6.45, 7) is 6.51. The molecule has 2 aromatic rings. The zero-order valence-electron chi connectivity index (χ0n) is 12.2. The minimum atomic E-state index is 0.866. The average molecular weight is 289 g/mol. The Kier molecular flexibility index (Phi) is 3.84. The monoisotopic (exact) mass is 288 g/mol. The van der Waals surface area contributed by atoms with Crippen molar-refractivity contribution >= 4 is 28.2 Å². The van der Waals surface area contributed by atoms with Gasteiger partial charge in [0.1, 0.15) is 0 Å². The zero-order chi connectivity index (χ0) is 14.1. The number of pyridine rings is 1. The molecule has 0 spiro atoms. The van der Waals surface area contributed by atoms with Crippen LogP contribution in [0.4, 0.5) is 5.69 Å². The van der Waals surface area contributed by atoms with Crippen LogP contribution in [-0.2, 0) is 6.42 Å². The second kappa shape index (κ2) is 5.61. The quantitative estimate of drug-likeness (QED) is 0.793. The van der Waals surface area contributed by atoms with Gasteiger partial charge in [0.25, 0.3) is 0 Å². The second-order valence-electron chi connectivity index (χ2n) is 5.60. The van der Waals surface area contributed by atoms with Gasteiger partial charge in [0.2, 0.25) is 0 Å². The predicted octanol–water partition coefficient (Wildman–Crippen LogP) is 4.75. The van der Waals surface area contributed by atoms with Crippen LogP contribution in [0.15, 0.2) is 18.2 Å². The SMILES string of the molecule is CCc1nc2ccc(N3CCCCC3)cc2c(Cl)c1C. The highest BCUT2D eigenvalue weighted by Gasteiger charge is 2.14. The maximum Gasteiger partial charge on any atom is 0.0722 e. The van der Waals surface area contributed by atoms with Crippen molar-refractivity contribution in [3.05, 3.63) is 34.5 Å². The highest BCUT2D eigenvalue weighted by Crippen LogP contribution is 2.31. The number of hydrogen-bond donors (Lipinski definition) is 0. The molecule has 2 nitrogen and oxygen atoms in total. The molecule has 1 aromatic carbocycles. The first kappa shape index (κ1) is 13.7. The molecule has 0 N–H and O–H groups in total. The summed E-state index contributed by atoms with van der Waals surface area (Å²) in [6, 6.07) is 6.51. The summed E-state index contributed by atoms with van der Waals surface area (Å²) in [4.78, 5) is 7.20. The number of fused-ring (bicyclic) bond motifs is 1. The minimum absolute atomic E-state index is 0.866. The second-order valence-corrected chi connectivity index (χ2v) is 5.98. The van der Waals surface area contributed by atoms with Crippen molar-refractivity contribution in [1.29, 1.82) is 0 Å². The fourth-order valence-corrected chi connectivity index (χ4v) is 3.31. The lowest BCUT2D eigenvalue weighted by atomic mass is 10.1. The van der Waals surface area contributed by atoms with Crippen molar-refractivity contribution in [2.75, 3.05) is 18.0 Å². The number of halogens is 1. The highest BCUT2D eigenvalue weighted by atomic mass is 35.5. The number of aromatic nitrogens is 1. The molecular weight excluding hydrogens is 268 g/mol. The predicted molar refractivity (Wildman–Crippen MR) is 86.9 cm³/mol. The van der Waals surface area contributed by atoms with E-state index in [-0.39, 0.29) is 0 Å². The van der Waals surface area contributed by atoms with E-state index in [1.54, 1.807) is 0 Å². The maximum atomic E-state index is 6.56. The van der Waals surface area contributed by atoms with Crippen molar-refractivity contribution in [2.45, 2.75) is 39.5 Å². The summed E-state index contributed by atoms with van der Waals surface area (Å²) in [5, 5.41) is 1.95. The fourth-order valence-electron chi connectivity index (χ4n) is 3.05. The van der Waals surface area contributed by atoms with Gasteiger partial charge in [0.05, 0.1) is 10.5 Å². The minimum Gasteiger partial charge on any atom is -0.372 e. The van der Waals surface area contributed by atoms with Crippen molar-refractivity contribution in [2.24, 2.45) is 0 Å². The third-order valence-corrected chi connectivity index (χ3v) is 4.78. The summed E-state index contributed by atoms with van der Waals surface area (Å²) >= 11 is 6.56. The van der Waals surface area contributed by atoms with Crippen molar-refractivity contribution in [1.82, 2.24) is 4.98 Å². The molecule has 1 aromatic heterocycles. The molecule has 1 aliphatic rings. The fraction of sp³-hybridized carbons (Fsp3) is 0.471. The third kappa shape index (κ3) is 2.37. The molecule has 0 saturated carbocycles. The molecule has 1 aliphatic heterocycles. The van der Waals surface area contributed by atoms with Gasteiger partial charge < -0.3 is 4.90 Å². The molecule has 20 heavy (non-hydrogen) atoms. The lowest BCUT2D eigenvalue weighted by molar-refractivity contribution is 0.578. The average Bonchev–Trinajstić information content (AvgIpc) is 2.51. The molecule has 1 fully saturated rings. The molecular formula is C17H21ClN2. The lowest BCUT2D eigenvalue weighted by Crippen LogP contribution is -2.29. The van der Waals surface area contributed by atoms with Crippen LogP contribution in [-0.4, -0.2) is 18.1 Å². The summed E-state index contributed by atoms with van der Waals surface area (Å²) < 4.78 is 0. The number of benzene rings is 1. The number of anilines is 1. The van der Waals surface area contributed by atoms with E-state index in [0.717, 1.165) is 46.7 Å².